The predicted molar refractivity (Wildman–Crippen MR) is 120 cm³/mol. The van der Waals surface area contributed by atoms with Crippen molar-refractivity contribution >= 4 is 17.8 Å². The number of alkyl carbamates (subject to hydrolysis) is 1. The van der Waals surface area contributed by atoms with E-state index in [9.17, 15) is 14.4 Å². The summed E-state index contributed by atoms with van der Waals surface area (Å²) < 4.78 is 9.96. The van der Waals surface area contributed by atoms with Gasteiger partial charge in [0.25, 0.3) is 0 Å². The zero-order chi connectivity index (χ0) is 24.3. The molecule has 1 N–H and O–H groups in total. The van der Waals surface area contributed by atoms with Crippen LogP contribution in [0.2, 0.25) is 0 Å². The summed E-state index contributed by atoms with van der Waals surface area (Å²) in [5.74, 6) is 0.0492. The lowest BCUT2D eigenvalue weighted by Crippen LogP contribution is -2.44. The Morgan fingerprint density at radius 3 is 2.27 bits per heavy atom. The Bertz CT molecular complexity index is 913. The SMILES string of the molecule is COC(=O)[C@@H](CCCCCC(=O)Cc1ccc(-c2nncnn2)cc1)NC(=O)OC(C)(C)C. The number of amides is 1. The summed E-state index contributed by atoms with van der Waals surface area (Å²) in [6.07, 6.45) is 3.92. The first-order chi connectivity index (χ1) is 15.7. The van der Waals surface area contributed by atoms with Crippen molar-refractivity contribution < 1.29 is 23.9 Å². The third kappa shape index (κ3) is 9.71. The molecule has 1 aromatic carbocycles. The normalized spacial score (nSPS) is 12.0. The van der Waals surface area contributed by atoms with Crippen molar-refractivity contribution in [1.82, 2.24) is 25.7 Å². The molecule has 2 aromatic rings. The molecule has 10 nitrogen and oxygen atoms in total. The average Bonchev–Trinajstić information content (AvgIpc) is 2.77. The van der Waals surface area contributed by atoms with Gasteiger partial charge in [-0.25, -0.2) is 9.59 Å². The largest absolute Gasteiger partial charge is 0.467 e. The first-order valence-corrected chi connectivity index (χ1v) is 10.9. The van der Waals surface area contributed by atoms with Gasteiger partial charge < -0.3 is 14.8 Å². The summed E-state index contributed by atoms with van der Waals surface area (Å²) in [4.78, 5) is 36.2. The van der Waals surface area contributed by atoms with Crippen molar-refractivity contribution in [2.45, 2.75) is 70.9 Å². The zero-order valence-electron chi connectivity index (χ0n) is 19.5. The second-order valence-electron chi connectivity index (χ2n) is 8.60. The Kier molecular flexibility index (Phi) is 9.84. The van der Waals surface area contributed by atoms with Gasteiger partial charge in [-0.05, 0) is 39.2 Å². The van der Waals surface area contributed by atoms with Crippen LogP contribution in [0.1, 0.15) is 58.4 Å². The number of aromatic nitrogens is 4. The van der Waals surface area contributed by atoms with Crippen molar-refractivity contribution in [3.8, 4) is 11.4 Å². The highest BCUT2D eigenvalue weighted by atomic mass is 16.6. The molecule has 33 heavy (non-hydrogen) atoms. The Balaban J connectivity index is 1.71. The fraction of sp³-hybridized carbons (Fsp3) is 0.522. The van der Waals surface area contributed by atoms with E-state index in [0.717, 1.165) is 17.5 Å². The molecule has 0 radical (unpaired) electrons. The maximum atomic E-state index is 12.3. The molecular weight excluding hydrogens is 426 g/mol. The van der Waals surface area contributed by atoms with E-state index in [1.54, 1.807) is 20.8 Å². The first-order valence-electron chi connectivity index (χ1n) is 10.9. The number of ether oxygens (including phenoxy) is 2. The summed E-state index contributed by atoms with van der Waals surface area (Å²) in [6, 6.07) is 6.63. The smallest absolute Gasteiger partial charge is 0.408 e. The fourth-order valence-corrected chi connectivity index (χ4v) is 3.10. The van der Waals surface area contributed by atoms with E-state index in [4.69, 9.17) is 9.47 Å². The molecule has 2 rings (SSSR count). The molecule has 0 bridgehead atoms. The second kappa shape index (κ2) is 12.6. The number of nitrogens with zero attached hydrogens (tertiary/aromatic N) is 4. The van der Waals surface area contributed by atoms with Crippen LogP contribution < -0.4 is 5.32 Å². The molecule has 0 aliphatic carbocycles. The molecule has 0 saturated heterocycles. The lowest BCUT2D eigenvalue weighted by Gasteiger charge is -2.22. The highest BCUT2D eigenvalue weighted by Crippen LogP contribution is 2.15. The van der Waals surface area contributed by atoms with Gasteiger partial charge in [-0.1, -0.05) is 37.1 Å². The minimum absolute atomic E-state index is 0.137. The predicted octanol–water partition coefficient (Wildman–Crippen LogP) is 3.06. The number of carbonyl (C=O) groups excluding carboxylic acids is 3. The molecule has 0 spiro atoms. The molecule has 0 unspecified atom stereocenters. The van der Waals surface area contributed by atoms with Crippen LogP contribution in [0.5, 0.6) is 0 Å². The Morgan fingerprint density at radius 1 is 1.00 bits per heavy atom. The number of hydrogen-bond acceptors (Lipinski definition) is 9. The number of nitrogens with one attached hydrogen (secondary N) is 1. The van der Waals surface area contributed by atoms with Crippen LogP contribution in [-0.2, 0) is 25.5 Å². The number of methoxy groups -OCH3 is 1. The summed E-state index contributed by atoms with van der Waals surface area (Å²) in [6.45, 7) is 5.24. The Hall–Kier alpha value is -3.43. The van der Waals surface area contributed by atoms with Gasteiger partial charge in [0.05, 0.1) is 7.11 Å². The molecule has 0 fully saturated rings. The molecule has 10 heteroatoms. The van der Waals surface area contributed by atoms with Crippen LogP contribution in [0.3, 0.4) is 0 Å². The van der Waals surface area contributed by atoms with Crippen molar-refractivity contribution in [3.63, 3.8) is 0 Å². The lowest BCUT2D eigenvalue weighted by atomic mass is 10.0. The number of rotatable bonds is 11. The standard InChI is InChI=1S/C23H31N5O5/c1-23(2,3)33-22(31)26-19(21(30)32-4)9-7-5-6-8-18(29)14-16-10-12-17(13-11-16)20-27-24-15-25-28-20/h10-13,15,19H,5-9,14H2,1-4H3,(H,26,31)/t19-/m1/s1. The van der Waals surface area contributed by atoms with Crippen molar-refractivity contribution in [2.75, 3.05) is 7.11 Å². The zero-order valence-corrected chi connectivity index (χ0v) is 19.5. The van der Waals surface area contributed by atoms with Crippen molar-refractivity contribution in [2.24, 2.45) is 0 Å². The molecule has 1 amide bonds. The molecule has 1 heterocycles. The van der Waals surface area contributed by atoms with Crippen LogP contribution in [-0.4, -0.2) is 57.0 Å². The Labute approximate surface area is 193 Å². The van der Waals surface area contributed by atoms with Gasteiger partial charge in [0, 0.05) is 18.4 Å². The lowest BCUT2D eigenvalue weighted by molar-refractivity contribution is -0.143. The van der Waals surface area contributed by atoms with E-state index in [2.05, 4.69) is 25.7 Å². The fourth-order valence-electron chi connectivity index (χ4n) is 3.10. The first kappa shape index (κ1) is 25.8. The van der Waals surface area contributed by atoms with Crippen molar-refractivity contribution in [3.05, 3.63) is 36.2 Å². The van der Waals surface area contributed by atoms with Crippen LogP contribution in [0, 0.1) is 0 Å². The summed E-state index contributed by atoms with van der Waals surface area (Å²) >= 11 is 0. The third-order valence-electron chi connectivity index (χ3n) is 4.65. The van der Waals surface area contributed by atoms with Crippen LogP contribution in [0.4, 0.5) is 4.79 Å². The van der Waals surface area contributed by atoms with Crippen LogP contribution in [0.25, 0.3) is 11.4 Å². The molecule has 0 aliphatic rings. The van der Waals surface area contributed by atoms with Crippen molar-refractivity contribution in [1.29, 1.82) is 0 Å². The topological polar surface area (TPSA) is 133 Å². The molecule has 0 saturated carbocycles. The second-order valence-corrected chi connectivity index (χ2v) is 8.60. The van der Waals surface area contributed by atoms with E-state index in [-0.39, 0.29) is 5.78 Å². The number of esters is 1. The van der Waals surface area contributed by atoms with E-state index >= 15 is 0 Å². The summed E-state index contributed by atoms with van der Waals surface area (Å²) in [5.41, 5.74) is 1.04. The molecule has 1 aromatic heterocycles. The third-order valence-corrected chi connectivity index (χ3v) is 4.65. The van der Waals surface area contributed by atoms with Gasteiger partial charge in [-0.15, -0.1) is 20.4 Å². The molecule has 0 aliphatic heterocycles. The number of ketones is 1. The summed E-state index contributed by atoms with van der Waals surface area (Å²) in [5, 5.41) is 17.8. The van der Waals surface area contributed by atoms with Gasteiger partial charge in [-0.2, -0.15) is 0 Å². The number of benzene rings is 1. The number of hydrogen-bond donors (Lipinski definition) is 1. The number of unbranched alkanes of at least 4 members (excludes halogenated alkanes) is 2. The van der Waals surface area contributed by atoms with E-state index in [1.165, 1.54) is 13.4 Å². The van der Waals surface area contributed by atoms with Gasteiger partial charge >= 0.3 is 12.1 Å². The van der Waals surface area contributed by atoms with E-state index in [0.29, 0.717) is 37.9 Å². The van der Waals surface area contributed by atoms with Gasteiger partial charge in [0.2, 0.25) is 5.82 Å². The van der Waals surface area contributed by atoms with E-state index in [1.807, 2.05) is 24.3 Å². The minimum atomic E-state index is -0.780. The van der Waals surface area contributed by atoms with Gasteiger partial charge in [-0.3, -0.25) is 4.79 Å². The molecular formula is C23H31N5O5. The summed E-state index contributed by atoms with van der Waals surface area (Å²) in [7, 11) is 1.28. The Morgan fingerprint density at radius 2 is 1.67 bits per heavy atom. The quantitative estimate of drug-likeness (QED) is 0.399. The molecule has 1 atom stereocenters. The van der Waals surface area contributed by atoms with Crippen LogP contribution >= 0.6 is 0 Å². The van der Waals surface area contributed by atoms with Crippen LogP contribution in [0.15, 0.2) is 30.6 Å². The minimum Gasteiger partial charge on any atom is -0.467 e. The average molecular weight is 458 g/mol. The molecule has 178 valence electrons. The monoisotopic (exact) mass is 457 g/mol. The van der Waals surface area contributed by atoms with E-state index < -0.39 is 23.7 Å². The van der Waals surface area contributed by atoms with Gasteiger partial charge in [0.15, 0.2) is 6.33 Å². The number of carbonyl (C=O) groups is 3. The highest BCUT2D eigenvalue weighted by molar-refractivity contribution is 5.81. The van der Waals surface area contributed by atoms with Gasteiger partial charge in [0.1, 0.15) is 17.4 Å². The maximum Gasteiger partial charge on any atom is 0.408 e. The number of Topliss-reactive ketones (excluding diaryl/α,β-unsaturated/α-hetero) is 1. The maximum absolute atomic E-state index is 12.3. The highest BCUT2D eigenvalue weighted by Gasteiger charge is 2.24.